The van der Waals surface area contributed by atoms with Crippen molar-refractivity contribution in [1.82, 2.24) is 10.2 Å². The summed E-state index contributed by atoms with van der Waals surface area (Å²) in [5.41, 5.74) is 2.75. The van der Waals surface area contributed by atoms with Crippen LogP contribution in [-0.4, -0.2) is 38.6 Å². The average molecular weight is 312 g/mol. The van der Waals surface area contributed by atoms with Crippen LogP contribution in [-0.2, 0) is 0 Å². The largest absolute Gasteiger partial charge is 0.496 e. The van der Waals surface area contributed by atoms with Gasteiger partial charge in [-0.15, -0.1) is 0 Å². The van der Waals surface area contributed by atoms with E-state index in [-0.39, 0.29) is 11.9 Å². The van der Waals surface area contributed by atoms with Gasteiger partial charge in [-0.1, -0.05) is 36.4 Å². The third-order valence-corrected chi connectivity index (χ3v) is 3.97. The Morgan fingerprint density at radius 1 is 1.13 bits per heavy atom. The van der Waals surface area contributed by atoms with Crippen LogP contribution in [0.5, 0.6) is 5.75 Å². The molecule has 0 fully saturated rings. The van der Waals surface area contributed by atoms with Crippen LogP contribution in [0.15, 0.2) is 48.5 Å². The predicted molar refractivity (Wildman–Crippen MR) is 92.9 cm³/mol. The molecule has 0 saturated carbocycles. The van der Waals surface area contributed by atoms with Crippen LogP contribution >= 0.6 is 0 Å². The smallest absolute Gasteiger partial charge is 0.251 e. The lowest BCUT2D eigenvalue weighted by Crippen LogP contribution is -2.35. The monoisotopic (exact) mass is 312 g/mol. The molecule has 4 heteroatoms. The Morgan fingerprint density at radius 2 is 1.78 bits per heavy atom. The van der Waals surface area contributed by atoms with Crippen molar-refractivity contribution < 1.29 is 9.53 Å². The van der Waals surface area contributed by atoms with Gasteiger partial charge in [0.1, 0.15) is 5.75 Å². The molecule has 0 spiro atoms. The molecule has 122 valence electrons. The van der Waals surface area contributed by atoms with E-state index in [1.165, 1.54) is 0 Å². The van der Waals surface area contributed by atoms with Crippen molar-refractivity contribution in [3.63, 3.8) is 0 Å². The highest BCUT2D eigenvalue weighted by Gasteiger charge is 2.19. The molecule has 2 rings (SSSR count). The third kappa shape index (κ3) is 4.11. The van der Waals surface area contributed by atoms with E-state index in [0.717, 1.165) is 16.9 Å². The van der Waals surface area contributed by atoms with Gasteiger partial charge in [-0.2, -0.15) is 0 Å². The standard InChI is InChI=1S/C19H24N2O2/c1-14-9-5-6-10-15(14)19(22)20-13-17(21(2)3)16-11-7-8-12-18(16)23-4/h5-12,17H,13H2,1-4H3,(H,20,22). The first kappa shape index (κ1) is 17.0. The van der Waals surface area contributed by atoms with Gasteiger partial charge in [0, 0.05) is 17.7 Å². The summed E-state index contributed by atoms with van der Waals surface area (Å²) in [6.45, 7) is 2.46. The summed E-state index contributed by atoms with van der Waals surface area (Å²) in [5, 5.41) is 3.03. The molecule has 0 radical (unpaired) electrons. The summed E-state index contributed by atoms with van der Waals surface area (Å²) in [5.74, 6) is 0.779. The number of benzene rings is 2. The van der Waals surface area contributed by atoms with Crippen molar-refractivity contribution in [2.24, 2.45) is 0 Å². The molecule has 1 amide bonds. The Morgan fingerprint density at radius 3 is 2.43 bits per heavy atom. The first-order valence-corrected chi connectivity index (χ1v) is 7.67. The fourth-order valence-electron chi connectivity index (χ4n) is 2.62. The highest BCUT2D eigenvalue weighted by molar-refractivity contribution is 5.95. The number of carbonyl (C=O) groups is 1. The third-order valence-electron chi connectivity index (χ3n) is 3.97. The molecule has 1 atom stereocenters. The minimum Gasteiger partial charge on any atom is -0.496 e. The van der Waals surface area contributed by atoms with Gasteiger partial charge < -0.3 is 15.0 Å². The zero-order valence-electron chi connectivity index (χ0n) is 14.2. The van der Waals surface area contributed by atoms with Crippen LogP contribution in [0.1, 0.15) is 27.5 Å². The molecule has 0 bridgehead atoms. The number of nitrogens with one attached hydrogen (secondary N) is 1. The maximum absolute atomic E-state index is 12.4. The van der Waals surface area contributed by atoms with Gasteiger partial charge in [-0.3, -0.25) is 4.79 Å². The second kappa shape index (κ2) is 7.79. The van der Waals surface area contributed by atoms with Crippen LogP contribution < -0.4 is 10.1 Å². The Kier molecular flexibility index (Phi) is 5.77. The van der Waals surface area contributed by atoms with E-state index >= 15 is 0 Å². The number of hydrogen-bond acceptors (Lipinski definition) is 3. The second-order valence-corrected chi connectivity index (χ2v) is 5.75. The predicted octanol–water partition coefficient (Wildman–Crippen LogP) is 3.04. The SMILES string of the molecule is COc1ccccc1C(CNC(=O)c1ccccc1C)N(C)C. The fraction of sp³-hybridized carbons (Fsp3) is 0.316. The number of aryl methyl sites for hydroxylation is 1. The van der Waals surface area contributed by atoms with Gasteiger partial charge in [0.25, 0.3) is 5.91 Å². The van der Waals surface area contributed by atoms with Crippen molar-refractivity contribution in [3.8, 4) is 5.75 Å². The first-order valence-electron chi connectivity index (χ1n) is 7.67. The molecule has 1 unspecified atom stereocenters. The van der Waals surface area contributed by atoms with Crippen LogP contribution in [0, 0.1) is 6.92 Å². The Bertz CT molecular complexity index is 668. The molecule has 0 saturated heterocycles. The van der Waals surface area contributed by atoms with Crippen molar-refractivity contribution >= 4 is 5.91 Å². The van der Waals surface area contributed by atoms with E-state index in [9.17, 15) is 4.79 Å². The Hall–Kier alpha value is -2.33. The number of methoxy groups -OCH3 is 1. The molecule has 2 aromatic rings. The molecular formula is C19H24N2O2. The van der Waals surface area contributed by atoms with Gasteiger partial charge in [-0.25, -0.2) is 0 Å². The minimum absolute atomic E-state index is 0.0409. The number of ether oxygens (including phenoxy) is 1. The van der Waals surface area contributed by atoms with Crippen LogP contribution in [0.3, 0.4) is 0 Å². The molecule has 4 nitrogen and oxygen atoms in total. The summed E-state index contributed by atoms with van der Waals surface area (Å²) in [6.07, 6.45) is 0. The highest BCUT2D eigenvalue weighted by Crippen LogP contribution is 2.27. The van der Waals surface area contributed by atoms with Crippen molar-refractivity contribution in [3.05, 3.63) is 65.2 Å². The average Bonchev–Trinajstić information content (AvgIpc) is 2.55. The van der Waals surface area contributed by atoms with E-state index in [1.807, 2.05) is 69.6 Å². The molecular weight excluding hydrogens is 288 g/mol. The number of carbonyl (C=O) groups excluding carboxylic acids is 1. The van der Waals surface area contributed by atoms with Crippen LogP contribution in [0.4, 0.5) is 0 Å². The maximum Gasteiger partial charge on any atom is 0.251 e. The number of likely N-dealkylation sites (N-methyl/N-ethyl adjacent to an activating group) is 1. The lowest BCUT2D eigenvalue weighted by molar-refractivity contribution is 0.0941. The zero-order valence-corrected chi connectivity index (χ0v) is 14.2. The lowest BCUT2D eigenvalue weighted by atomic mass is 10.0. The van der Waals surface area contributed by atoms with Crippen LogP contribution in [0.25, 0.3) is 0 Å². The second-order valence-electron chi connectivity index (χ2n) is 5.75. The Labute approximate surface area is 138 Å². The van der Waals surface area contributed by atoms with Crippen LogP contribution in [0.2, 0.25) is 0 Å². The molecule has 0 aromatic heterocycles. The van der Waals surface area contributed by atoms with E-state index < -0.39 is 0 Å². The zero-order chi connectivity index (χ0) is 16.8. The summed E-state index contributed by atoms with van der Waals surface area (Å²) in [4.78, 5) is 14.5. The van der Waals surface area contributed by atoms with E-state index in [0.29, 0.717) is 12.1 Å². The lowest BCUT2D eigenvalue weighted by Gasteiger charge is -2.26. The molecule has 2 aromatic carbocycles. The van der Waals surface area contributed by atoms with Gasteiger partial charge in [-0.05, 0) is 38.7 Å². The topological polar surface area (TPSA) is 41.6 Å². The molecule has 23 heavy (non-hydrogen) atoms. The van der Waals surface area contributed by atoms with Crippen molar-refractivity contribution in [2.45, 2.75) is 13.0 Å². The van der Waals surface area contributed by atoms with Gasteiger partial charge >= 0.3 is 0 Å². The molecule has 0 heterocycles. The van der Waals surface area contributed by atoms with E-state index in [2.05, 4.69) is 10.2 Å². The van der Waals surface area contributed by atoms with Gasteiger partial charge in [0.05, 0.1) is 13.2 Å². The first-order chi connectivity index (χ1) is 11.0. The number of hydrogen-bond donors (Lipinski definition) is 1. The quantitative estimate of drug-likeness (QED) is 0.891. The van der Waals surface area contributed by atoms with E-state index in [1.54, 1.807) is 7.11 Å². The van der Waals surface area contributed by atoms with Gasteiger partial charge in [0.2, 0.25) is 0 Å². The number of para-hydroxylation sites is 1. The Balaban J connectivity index is 2.15. The normalized spacial score (nSPS) is 12.0. The maximum atomic E-state index is 12.4. The number of rotatable bonds is 6. The number of amides is 1. The molecule has 0 aliphatic rings. The molecule has 1 N–H and O–H groups in total. The minimum atomic E-state index is -0.0511. The molecule has 0 aliphatic heterocycles. The van der Waals surface area contributed by atoms with Gasteiger partial charge in [0.15, 0.2) is 0 Å². The summed E-state index contributed by atoms with van der Waals surface area (Å²) in [7, 11) is 5.66. The van der Waals surface area contributed by atoms with E-state index in [4.69, 9.17) is 4.74 Å². The summed E-state index contributed by atoms with van der Waals surface area (Å²) >= 11 is 0. The van der Waals surface area contributed by atoms with Crippen molar-refractivity contribution in [2.75, 3.05) is 27.7 Å². The summed E-state index contributed by atoms with van der Waals surface area (Å²) < 4.78 is 5.45. The number of nitrogens with zero attached hydrogens (tertiary/aromatic N) is 1. The highest BCUT2D eigenvalue weighted by atomic mass is 16.5. The van der Waals surface area contributed by atoms with Crippen molar-refractivity contribution in [1.29, 1.82) is 0 Å². The molecule has 0 aliphatic carbocycles. The fourth-order valence-corrected chi connectivity index (χ4v) is 2.62. The summed E-state index contributed by atoms with van der Waals surface area (Å²) in [6, 6.07) is 15.5.